The van der Waals surface area contributed by atoms with Gasteiger partial charge in [0.25, 0.3) is 5.91 Å². The summed E-state index contributed by atoms with van der Waals surface area (Å²) in [6, 6.07) is 17.5. The predicted molar refractivity (Wildman–Crippen MR) is 146 cm³/mol. The molecule has 0 radical (unpaired) electrons. The Morgan fingerprint density at radius 3 is 2.51 bits per heavy atom. The highest BCUT2D eigenvalue weighted by Gasteiger charge is 2.26. The maximum Gasteiger partial charge on any atom is 0.258 e. The number of nitrogens with one attached hydrogen (secondary N) is 2. The highest BCUT2D eigenvalue weighted by atomic mass is 127. The van der Waals surface area contributed by atoms with Gasteiger partial charge in [0.15, 0.2) is 11.5 Å². The molecule has 1 atom stereocenters. The first kappa shape index (κ1) is 27.1. The zero-order valence-corrected chi connectivity index (χ0v) is 23.2. The lowest BCUT2D eigenvalue weighted by atomic mass is 10.1. The van der Waals surface area contributed by atoms with E-state index in [2.05, 4.69) is 53.8 Å². The zero-order chi connectivity index (χ0) is 25.4. The molecule has 11 heteroatoms. The monoisotopic (exact) mass is 671 g/mol. The van der Waals surface area contributed by atoms with Gasteiger partial charge in [0.1, 0.15) is 6.04 Å². The maximum atomic E-state index is 13.0. The van der Waals surface area contributed by atoms with Gasteiger partial charge in [-0.05, 0) is 99.4 Å². The molecule has 0 saturated carbocycles. The van der Waals surface area contributed by atoms with Gasteiger partial charge in [-0.2, -0.15) is 9.82 Å². The van der Waals surface area contributed by atoms with E-state index in [4.69, 9.17) is 4.74 Å². The van der Waals surface area contributed by atoms with Crippen molar-refractivity contribution in [2.24, 2.45) is 5.10 Å². The molecule has 0 aliphatic heterocycles. The van der Waals surface area contributed by atoms with Gasteiger partial charge in [-0.1, -0.05) is 30.3 Å². The second-order valence-electron chi connectivity index (χ2n) is 7.33. The fraction of sp³-hybridized carbons (Fsp3) is 0.167. The first-order valence-corrected chi connectivity index (χ1v) is 13.8. The van der Waals surface area contributed by atoms with Crippen molar-refractivity contribution in [2.45, 2.75) is 24.3 Å². The number of benzene rings is 3. The lowest BCUT2D eigenvalue weighted by molar-refractivity contribution is -0.122. The molecule has 1 amide bonds. The predicted octanol–water partition coefficient (Wildman–Crippen LogP) is 4.20. The standard InChI is InChI=1S/C24H23BrIN3O5S/c1-2-34-22-14-17(12-20(25)23(22)30)15-27-28-24(31)21(13-16-6-4-3-5-7-16)29-35(32,33)19-10-8-18(26)9-11-19/h3-12,14-15,21,29-30H,2,13H2,1H3,(H,28,31)/b27-15-/t21-/m1/s1. The van der Waals surface area contributed by atoms with E-state index in [1.807, 2.05) is 30.3 Å². The van der Waals surface area contributed by atoms with Crippen LogP contribution in [0.3, 0.4) is 0 Å². The Hall–Kier alpha value is -2.48. The van der Waals surface area contributed by atoms with Gasteiger partial charge in [0, 0.05) is 3.57 Å². The van der Waals surface area contributed by atoms with Crippen LogP contribution in [0.15, 0.2) is 81.2 Å². The fourth-order valence-electron chi connectivity index (χ4n) is 3.09. The molecule has 3 N–H and O–H groups in total. The number of hydrazone groups is 1. The van der Waals surface area contributed by atoms with Crippen LogP contribution in [0.4, 0.5) is 0 Å². The quantitative estimate of drug-likeness (QED) is 0.170. The van der Waals surface area contributed by atoms with Gasteiger partial charge in [0.2, 0.25) is 10.0 Å². The van der Waals surface area contributed by atoms with Crippen molar-refractivity contribution >= 4 is 60.7 Å². The summed E-state index contributed by atoms with van der Waals surface area (Å²) < 4.78 is 35.1. The molecule has 0 heterocycles. The Morgan fingerprint density at radius 1 is 1.17 bits per heavy atom. The number of nitrogens with zero attached hydrogens (tertiary/aromatic N) is 1. The van der Waals surface area contributed by atoms with E-state index in [9.17, 15) is 18.3 Å². The largest absolute Gasteiger partial charge is 0.503 e. The molecule has 0 fully saturated rings. The Labute approximate surface area is 226 Å². The molecule has 3 aromatic rings. The second kappa shape index (κ2) is 12.5. The average molecular weight is 672 g/mol. The van der Waals surface area contributed by atoms with E-state index in [0.29, 0.717) is 16.6 Å². The Balaban J connectivity index is 1.79. The summed E-state index contributed by atoms with van der Waals surface area (Å²) in [6.45, 7) is 2.15. The third kappa shape index (κ3) is 7.75. The molecule has 0 spiro atoms. The molecule has 0 aromatic heterocycles. The Bertz CT molecular complexity index is 1300. The van der Waals surface area contributed by atoms with E-state index in [0.717, 1.165) is 9.13 Å². The van der Waals surface area contributed by atoms with Gasteiger partial charge in [-0.15, -0.1) is 0 Å². The number of ether oxygens (including phenoxy) is 1. The van der Waals surface area contributed by atoms with Crippen molar-refractivity contribution in [3.8, 4) is 11.5 Å². The average Bonchev–Trinajstić information content (AvgIpc) is 2.82. The summed E-state index contributed by atoms with van der Waals surface area (Å²) >= 11 is 5.34. The second-order valence-corrected chi connectivity index (χ2v) is 11.1. The summed E-state index contributed by atoms with van der Waals surface area (Å²) in [5, 5.41) is 14.0. The zero-order valence-electron chi connectivity index (χ0n) is 18.6. The van der Waals surface area contributed by atoms with Crippen molar-refractivity contribution in [3.05, 3.63) is 85.9 Å². The molecule has 3 rings (SSSR count). The number of amides is 1. The minimum absolute atomic E-state index is 0.0408. The lowest BCUT2D eigenvalue weighted by Gasteiger charge is -2.17. The lowest BCUT2D eigenvalue weighted by Crippen LogP contribution is -2.46. The first-order valence-electron chi connectivity index (χ1n) is 10.5. The first-order chi connectivity index (χ1) is 16.7. The number of phenolic OH excluding ortho intramolecular Hbond substituents is 1. The summed E-state index contributed by atoms with van der Waals surface area (Å²) in [5.74, 6) is -0.398. The molecule has 0 aliphatic carbocycles. The molecule has 0 unspecified atom stereocenters. The fourth-order valence-corrected chi connectivity index (χ4v) is 5.10. The smallest absolute Gasteiger partial charge is 0.258 e. The Morgan fingerprint density at radius 2 is 1.86 bits per heavy atom. The number of hydrogen-bond acceptors (Lipinski definition) is 6. The Kier molecular flexibility index (Phi) is 9.66. The molecule has 184 valence electrons. The number of sulfonamides is 1. The summed E-state index contributed by atoms with van der Waals surface area (Å²) in [4.78, 5) is 13.0. The van der Waals surface area contributed by atoms with E-state index < -0.39 is 22.0 Å². The van der Waals surface area contributed by atoms with Crippen molar-refractivity contribution in [1.82, 2.24) is 10.1 Å². The van der Waals surface area contributed by atoms with Crippen LogP contribution in [-0.2, 0) is 21.2 Å². The molecule has 35 heavy (non-hydrogen) atoms. The molecule has 0 bridgehead atoms. The molecule has 8 nitrogen and oxygen atoms in total. The van der Waals surface area contributed by atoms with Gasteiger partial charge in [-0.3, -0.25) is 4.79 Å². The molecule has 3 aromatic carbocycles. The maximum absolute atomic E-state index is 13.0. The number of carbonyl (C=O) groups is 1. The molecular formula is C24H23BrIN3O5S. The van der Waals surface area contributed by atoms with Crippen LogP contribution in [0.25, 0.3) is 0 Å². The molecule has 0 aliphatic rings. The van der Waals surface area contributed by atoms with Crippen LogP contribution in [0.5, 0.6) is 11.5 Å². The minimum atomic E-state index is -3.96. The van der Waals surface area contributed by atoms with Gasteiger partial charge in [0.05, 0.1) is 22.2 Å². The highest BCUT2D eigenvalue weighted by molar-refractivity contribution is 14.1. The SMILES string of the molecule is CCOc1cc(/C=N\NC(=O)[C@@H](Cc2ccccc2)NS(=O)(=O)c2ccc(I)cc2)cc(Br)c1O. The number of halogens is 2. The number of rotatable bonds is 10. The van der Waals surface area contributed by atoms with Gasteiger partial charge in [-0.25, -0.2) is 13.8 Å². The van der Waals surface area contributed by atoms with E-state index in [1.165, 1.54) is 18.3 Å². The number of phenols is 1. The summed E-state index contributed by atoms with van der Waals surface area (Å²) in [6.07, 6.45) is 1.50. The van der Waals surface area contributed by atoms with Crippen LogP contribution in [-0.4, -0.2) is 38.3 Å². The molecular weight excluding hydrogens is 649 g/mol. The number of hydrogen-bond donors (Lipinski definition) is 3. The van der Waals surface area contributed by atoms with Crippen LogP contribution >= 0.6 is 38.5 Å². The highest BCUT2D eigenvalue weighted by Crippen LogP contribution is 2.35. The summed E-state index contributed by atoms with van der Waals surface area (Å²) in [7, 11) is -3.96. The van der Waals surface area contributed by atoms with Crippen molar-refractivity contribution in [2.75, 3.05) is 6.61 Å². The van der Waals surface area contributed by atoms with Crippen LogP contribution in [0.1, 0.15) is 18.1 Å². The van der Waals surface area contributed by atoms with Crippen molar-refractivity contribution in [3.63, 3.8) is 0 Å². The minimum Gasteiger partial charge on any atom is -0.503 e. The van der Waals surface area contributed by atoms with Gasteiger partial charge < -0.3 is 9.84 Å². The third-order valence-corrected chi connectivity index (χ3v) is 7.57. The van der Waals surface area contributed by atoms with Crippen molar-refractivity contribution in [1.29, 1.82) is 0 Å². The van der Waals surface area contributed by atoms with Crippen LogP contribution < -0.4 is 14.9 Å². The summed E-state index contributed by atoms with van der Waals surface area (Å²) in [5.41, 5.74) is 3.74. The van der Waals surface area contributed by atoms with E-state index in [-0.39, 0.29) is 22.8 Å². The normalized spacial score (nSPS) is 12.4. The van der Waals surface area contributed by atoms with E-state index in [1.54, 1.807) is 31.2 Å². The molecule has 0 saturated heterocycles. The van der Waals surface area contributed by atoms with Crippen molar-refractivity contribution < 1.29 is 23.1 Å². The van der Waals surface area contributed by atoms with Crippen LogP contribution in [0, 0.1) is 3.57 Å². The third-order valence-electron chi connectivity index (χ3n) is 4.76. The number of carbonyl (C=O) groups excluding carboxylic acids is 1. The topological polar surface area (TPSA) is 117 Å². The van der Waals surface area contributed by atoms with Crippen LogP contribution in [0.2, 0.25) is 0 Å². The van der Waals surface area contributed by atoms with Gasteiger partial charge >= 0.3 is 0 Å². The number of aromatic hydroxyl groups is 1. The van der Waals surface area contributed by atoms with E-state index >= 15 is 0 Å².